The minimum Gasteiger partial charge on any atom is -0.383 e. The van der Waals surface area contributed by atoms with Crippen molar-refractivity contribution in [1.82, 2.24) is 30.1 Å². The van der Waals surface area contributed by atoms with Crippen molar-refractivity contribution in [3.8, 4) is 0 Å². The molecule has 1 atom stereocenters. The highest BCUT2D eigenvalue weighted by molar-refractivity contribution is 5.80. The number of pyridine rings is 1. The third-order valence-corrected chi connectivity index (χ3v) is 6.80. The Morgan fingerprint density at radius 1 is 1.08 bits per heavy atom. The first-order chi connectivity index (χ1) is 17.4. The van der Waals surface area contributed by atoms with Gasteiger partial charge in [0.2, 0.25) is 0 Å². The molecule has 4 aromatic rings. The van der Waals surface area contributed by atoms with Crippen LogP contribution in [0, 0.1) is 19.8 Å². The van der Waals surface area contributed by atoms with Gasteiger partial charge in [-0.2, -0.15) is 0 Å². The van der Waals surface area contributed by atoms with Crippen molar-refractivity contribution in [2.75, 3.05) is 20.3 Å². The fourth-order valence-corrected chi connectivity index (χ4v) is 4.74. The van der Waals surface area contributed by atoms with Gasteiger partial charge in [0.25, 0.3) is 5.56 Å². The first-order valence-corrected chi connectivity index (χ1v) is 12.5. The Labute approximate surface area is 212 Å². The summed E-state index contributed by atoms with van der Waals surface area (Å²) in [5.74, 6) is 1.01. The summed E-state index contributed by atoms with van der Waals surface area (Å²) in [6.45, 7) is 10.9. The van der Waals surface area contributed by atoms with Crippen LogP contribution in [0.2, 0.25) is 0 Å². The van der Waals surface area contributed by atoms with Crippen molar-refractivity contribution in [2.24, 2.45) is 5.92 Å². The molecule has 2 heterocycles. The Morgan fingerprint density at radius 2 is 1.83 bits per heavy atom. The van der Waals surface area contributed by atoms with Crippen LogP contribution in [-0.2, 0) is 24.2 Å². The Bertz CT molecular complexity index is 1350. The van der Waals surface area contributed by atoms with E-state index in [1.54, 1.807) is 7.11 Å². The molecule has 190 valence electrons. The van der Waals surface area contributed by atoms with Crippen LogP contribution >= 0.6 is 0 Å². The maximum atomic E-state index is 13.2. The van der Waals surface area contributed by atoms with Gasteiger partial charge in [-0.25, -0.2) is 4.68 Å². The highest BCUT2D eigenvalue weighted by Gasteiger charge is 2.29. The third-order valence-electron chi connectivity index (χ3n) is 6.80. The first kappa shape index (κ1) is 25.7. The van der Waals surface area contributed by atoms with E-state index < -0.39 is 0 Å². The van der Waals surface area contributed by atoms with Crippen LogP contribution in [0.3, 0.4) is 0 Å². The number of nitrogens with zero attached hydrogens (tertiary/aromatic N) is 5. The second-order valence-corrected chi connectivity index (χ2v) is 9.80. The van der Waals surface area contributed by atoms with Gasteiger partial charge in [-0.1, -0.05) is 44.2 Å². The molecule has 36 heavy (non-hydrogen) atoms. The number of hydrogen-bond acceptors (Lipinski definition) is 6. The zero-order valence-electron chi connectivity index (χ0n) is 21.9. The van der Waals surface area contributed by atoms with Gasteiger partial charge in [-0.15, -0.1) is 5.10 Å². The molecule has 0 bridgehead atoms. The maximum Gasteiger partial charge on any atom is 0.252 e. The lowest BCUT2D eigenvalue weighted by Crippen LogP contribution is -2.37. The number of benzene rings is 2. The number of hydrogen-bond donors (Lipinski definition) is 1. The summed E-state index contributed by atoms with van der Waals surface area (Å²) in [5, 5.41) is 13.7. The number of ether oxygens (including phenoxy) is 1. The van der Waals surface area contributed by atoms with E-state index in [2.05, 4.69) is 83.4 Å². The second-order valence-electron chi connectivity index (χ2n) is 9.80. The normalized spacial score (nSPS) is 12.6. The van der Waals surface area contributed by atoms with E-state index in [-0.39, 0.29) is 17.5 Å². The van der Waals surface area contributed by atoms with Crippen LogP contribution in [0.15, 0.2) is 53.3 Å². The molecule has 0 saturated heterocycles. The SMILES string of the molecule is COCCn1nnnc1[C@H](C(C)C)N(CCc1ccccc1)Cc1cc2cc(C)c(C)cc2[nH]c1=O. The average molecular weight is 489 g/mol. The number of aryl methyl sites for hydroxylation is 2. The van der Waals surface area contributed by atoms with E-state index in [1.165, 1.54) is 11.1 Å². The molecule has 0 aliphatic rings. The van der Waals surface area contributed by atoms with Crippen LogP contribution in [0.5, 0.6) is 0 Å². The number of nitrogens with one attached hydrogen (secondary N) is 1. The van der Waals surface area contributed by atoms with E-state index in [1.807, 2.05) is 22.9 Å². The van der Waals surface area contributed by atoms with Gasteiger partial charge in [-0.3, -0.25) is 9.69 Å². The molecule has 0 aliphatic carbocycles. The highest BCUT2D eigenvalue weighted by atomic mass is 16.5. The molecular formula is C28H36N6O2. The number of H-pyrrole nitrogens is 1. The fraction of sp³-hybridized carbons (Fsp3) is 0.429. The molecule has 2 aromatic carbocycles. The Hall–Kier alpha value is -3.36. The number of aromatic amines is 1. The van der Waals surface area contributed by atoms with Gasteiger partial charge in [0.1, 0.15) is 0 Å². The monoisotopic (exact) mass is 488 g/mol. The largest absolute Gasteiger partial charge is 0.383 e. The average Bonchev–Trinajstić information content (AvgIpc) is 3.31. The van der Waals surface area contributed by atoms with E-state index in [0.717, 1.165) is 40.8 Å². The van der Waals surface area contributed by atoms with Crippen LogP contribution in [0.4, 0.5) is 0 Å². The van der Waals surface area contributed by atoms with Gasteiger partial charge in [0.15, 0.2) is 5.82 Å². The third kappa shape index (κ3) is 5.88. The molecule has 8 heteroatoms. The topological polar surface area (TPSA) is 88.9 Å². The number of tetrazole rings is 1. The predicted molar refractivity (Wildman–Crippen MR) is 142 cm³/mol. The molecule has 0 spiro atoms. The fourth-order valence-electron chi connectivity index (χ4n) is 4.74. The molecule has 0 unspecified atom stereocenters. The number of aromatic nitrogens is 5. The molecule has 1 N–H and O–H groups in total. The summed E-state index contributed by atoms with van der Waals surface area (Å²) in [6.07, 6.45) is 0.855. The minimum atomic E-state index is -0.0737. The summed E-state index contributed by atoms with van der Waals surface area (Å²) in [7, 11) is 1.67. The second kappa shape index (κ2) is 11.6. The molecule has 2 aromatic heterocycles. The van der Waals surface area contributed by atoms with E-state index in [0.29, 0.717) is 19.7 Å². The lowest BCUT2D eigenvalue weighted by molar-refractivity contribution is 0.130. The van der Waals surface area contributed by atoms with Crippen LogP contribution in [0.1, 0.15) is 48.0 Å². The molecule has 0 fully saturated rings. The number of fused-ring (bicyclic) bond motifs is 1. The van der Waals surface area contributed by atoms with Gasteiger partial charge in [0.05, 0.1) is 19.2 Å². The van der Waals surface area contributed by atoms with E-state index >= 15 is 0 Å². The standard InChI is InChI=1S/C28H36N6O2/c1-19(2)26(27-30-31-32-34(27)13-14-36-5)33(12-11-22-9-7-6-8-10-22)18-24-17-23-15-20(3)21(4)16-25(23)29-28(24)35/h6-10,15-17,19,26H,11-14,18H2,1-5H3,(H,29,35)/t26-/m0/s1. The molecule has 8 nitrogen and oxygen atoms in total. The summed E-state index contributed by atoms with van der Waals surface area (Å²) >= 11 is 0. The highest BCUT2D eigenvalue weighted by Crippen LogP contribution is 2.29. The van der Waals surface area contributed by atoms with Crippen molar-refractivity contribution in [3.63, 3.8) is 0 Å². The zero-order valence-corrected chi connectivity index (χ0v) is 21.9. The van der Waals surface area contributed by atoms with E-state index in [4.69, 9.17) is 4.74 Å². The van der Waals surface area contributed by atoms with Gasteiger partial charge in [0, 0.05) is 31.3 Å². The molecule has 0 amide bonds. The summed E-state index contributed by atoms with van der Waals surface area (Å²) in [6, 6.07) is 16.6. The Kier molecular flexibility index (Phi) is 8.28. The smallest absolute Gasteiger partial charge is 0.252 e. The first-order valence-electron chi connectivity index (χ1n) is 12.5. The van der Waals surface area contributed by atoms with Crippen LogP contribution in [0.25, 0.3) is 10.9 Å². The predicted octanol–water partition coefficient (Wildman–Crippen LogP) is 4.22. The molecule has 0 saturated carbocycles. The van der Waals surface area contributed by atoms with Crippen molar-refractivity contribution < 1.29 is 4.74 Å². The molecule has 0 aliphatic heterocycles. The molecular weight excluding hydrogens is 452 g/mol. The van der Waals surface area contributed by atoms with Crippen LogP contribution in [-0.4, -0.2) is 50.4 Å². The molecule has 0 radical (unpaired) electrons. The van der Waals surface area contributed by atoms with Gasteiger partial charge >= 0.3 is 0 Å². The van der Waals surface area contributed by atoms with E-state index in [9.17, 15) is 4.79 Å². The summed E-state index contributed by atoms with van der Waals surface area (Å²) in [5.41, 5.74) is 5.17. The Morgan fingerprint density at radius 3 is 2.56 bits per heavy atom. The van der Waals surface area contributed by atoms with Crippen molar-refractivity contribution in [2.45, 2.75) is 53.2 Å². The maximum absolute atomic E-state index is 13.2. The quantitative estimate of drug-likeness (QED) is 0.340. The zero-order chi connectivity index (χ0) is 25.7. The summed E-state index contributed by atoms with van der Waals surface area (Å²) in [4.78, 5) is 18.6. The number of rotatable bonds is 11. The van der Waals surface area contributed by atoms with Crippen molar-refractivity contribution >= 4 is 10.9 Å². The van der Waals surface area contributed by atoms with Gasteiger partial charge < -0.3 is 9.72 Å². The van der Waals surface area contributed by atoms with Crippen molar-refractivity contribution in [1.29, 1.82) is 0 Å². The Balaban J connectivity index is 1.72. The lowest BCUT2D eigenvalue weighted by Gasteiger charge is -2.33. The lowest BCUT2D eigenvalue weighted by atomic mass is 9.99. The summed E-state index contributed by atoms with van der Waals surface area (Å²) < 4.78 is 7.09. The van der Waals surface area contributed by atoms with Crippen LogP contribution < -0.4 is 5.56 Å². The number of methoxy groups -OCH3 is 1. The van der Waals surface area contributed by atoms with Gasteiger partial charge in [-0.05, 0) is 76.9 Å². The molecule has 4 rings (SSSR count). The minimum absolute atomic E-state index is 0.0584. The van der Waals surface area contributed by atoms with Crippen molar-refractivity contribution in [3.05, 3.63) is 87.0 Å².